The van der Waals surface area contributed by atoms with Crippen LogP contribution in [0, 0.1) is 11.3 Å². The molecule has 2 aromatic rings. The third kappa shape index (κ3) is 3.51. The minimum Gasteiger partial charge on any atom is -0.493 e. The molecule has 0 aliphatic rings. The average Bonchev–Trinajstić information content (AvgIpc) is 2.81. The molecule has 0 amide bonds. The maximum atomic E-state index is 8.75. The summed E-state index contributed by atoms with van der Waals surface area (Å²) >= 11 is 5.76. The topological polar surface area (TPSA) is 50.8 Å². The van der Waals surface area contributed by atoms with Crippen LogP contribution >= 0.6 is 11.6 Å². The Balaban J connectivity index is 1.77. The quantitative estimate of drug-likeness (QED) is 0.778. The number of aryl methyl sites for hydroxylation is 1. The highest BCUT2D eigenvalue weighted by molar-refractivity contribution is 6.30. The Hall–Kier alpha value is -1.99. The summed E-state index contributed by atoms with van der Waals surface area (Å²) in [4.78, 5) is 0. The minimum atomic E-state index is 0.576. The molecule has 0 saturated carbocycles. The SMILES string of the molecule is N#Cc1cccc(OCCCn2cc(Cl)cn2)c1. The van der Waals surface area contributed by atoms with Gasteiger partial charge in [-0.15, -0.1) is 0 Å². The Morgan fingerprint density at radius 2 is 2.33 bits per heavy atom. The smallest absolute Gasteiger partial charge is 0.120 e. The molecule has 0 spiro atoms. The summed E-state index contributed by atoms with van der Waals surface area (Å²) in [6.45, 7) is 1.33. The molecular formula is C13H12ClN3O. The fraction of sp³-hybridized carbons (Fsp3) is 0.231. The zero-order chi connectivity index (χ0) is 12.8. The fourth-order valence-electron chi connectivity index (χ4n) is 1.53. The van der Waals surface area contributed by atoms with Crippen molar-refractivity contribution in [3.8, 4) is 11.8 Å². The maximum absolute atomic E-state index is 8.75. The number of nitriles is 1. The van der Waals surface area contributed by atoms with E-state index in [0.29, 0.717) is 22.9 Å². The van der Waals surface area contributed by atoms with Crippen molar-refractivity contribution in [2.45, 2.75) is 13.0 Å². The molecule has 0 saturated heterocycles. The molecule has 2 rings (SSSR count). The van der Waals surface area contributed by atoms with Gasteiger partial charge in [-0.1, -0.05) is 17.7 Å². The van der Waals surface area contributed by atoms with Crippen LogP contribution in [0.3, 0.4) is 0 Å². The first-order chi connectivity index (χ1) is 8.78. The first-order valence-electron chi connectivity index (χ1n) is 5.59. The molecule has 0 unspecified atom stereocenters. The van der Waals surface area contributed by atoms with Crippen molar-refractivity contribution in [2.24, 2.45) is 0 Å². The van der Waals surface area contributed by atoms with Gasteiger partial charge in [0, 0.05) is 19.2 Å². The molecule has 0 radical (unpaired) electrons. The van der Waals surface area contributed by atoms with E-state index in [1.165, 1.54) is 0 Å². The Morgan fingerprint density at radius 3 is 3.06 bits per heavy atom. The summed E-state index contributed by atoms with van der Waals surface area (Å²) in [5.74, 6) is 0.715. The number of benzene rings is 1. The minimum absolute atomic E-state index is 0.576. The molecule has 0 aliphatic heterocycles. The van der Waals surface area contributed by atoms with Crippen LogP contribution in [0.4, 0.5) is 0 Å². The summed E-state index contributed by atoms with van der Waals surface area (Å²) in [5, 5.41) is 13.5. The van der Waals surface area contributed by atoms with E-state index in [4.69, 9.17) is 21.6 Å². The van der Waals surface area contributed by atoms with E-state index in [1.54, 1.807) is 35.3 Å². The van der Waals surface area contributed by atoms with Crippen molar-refractivity contribution >= 4 is 11.6 Å². The molecule has 5 heteroatoms. The first kappa shape index (κ1) is 12.5. The maximum Gasteiger partial charge on any atom is 0.120 e. The number of hydrogen-bond donors (Lipinski definition) is 0. The van der Waals surface area contributed by atoms with Gasteiger partial charge in [-0.05, 0) is 18.2 Å². The third-order valence-electron chi connectivity index (χ3n) is 2.37. The van der Waals surface area contributed by atoms with Gasteiger partial charge in [0.15, 0.2) is 0 Å². The zero-order valence-electron chi connectivity index (χ0n) is 9.71. The van der Waals surface area contributed by atoms with Crippen LogP contribution in [0.5, 0.6) is 5.75 Å². The number of halogens is 1. The summed E-state index contributed by atoms with van der Waals surface area (Å²) in [6, 6.07) is 9.20. The lowest BCUT2D eigenvalue weighted by Gasteiger charge is -2.06. The molecule has 1 aromatic heterocycles. The molecule has 0 fully saturated rings. The molecule has 1 aromatic carbocycles. The summed E-state index contributed by atoms with van der Waals surface area (Å²) in [5.41, 5.74) is 0.603. The van der Waals surface area contributed by atoms with Gasteiger partial charge < -0.3 is 4.74 Å². The van der Waals surface area contributed by atoms with Crippen LogP contribution in [0.2, 0.25) is 5.02 Å². The third-order valence-corrected chi connectivity index (χ3v) is 2.56. The zero-order valence-corrected chi connectivity index (χ0v) is 10.5. The second kappa shape index (κ2) is 6.08. The largest absolute Gasteiger partial charge is 0.493 e. The molecular weight excluding hydrogens is 250 g/mol. The van der Waals surface area contributed by atoms with Gasteiger partial charge in [0.25, 0.3) is 0 Å². The average molecular weight is 262 g/mol. The molecule has 0 aliphatic carbocycles. The highest BCUT2D eigenvalue weighted by Gasteiger charge is 1.98. The molecule has 0 N–H and O–H groups in total. The van der Waals surface area contributed by atoms with Gasteiger partial charge in [-0.2, -0.15) is 10.4 Å². The predicted molar refractivity (Wildman–Crippen MR) is 68.5 cm³/mol. The van der Waals surface area contributed by atoms with Crippen molar-refractivity contribution in [2.75, 3.05) is 6.61 Å². The molecule has 1 heterocycles. The van der Waals surface area contributed by atoms with Crippen molar-refractivity contribution in [3.05, 3.63) is 47.2 Å². The van der Waals surface area contributed by atoms with Crippen LogP contribution in [0.15, 0.2) is 36.7 Å². The molecule has 4 nitrogen and oxygen atoms in total. The number of nitrogens with zero attached hydrogens (tertiary/aromatic N) is 3. The monoisotopic (exact) mass is 261 g/mol. The lowest BCUT2D eigenvalue weighted by molar-refractivity contribution is 0.298. The number of ether oxygens (including phenoxy) is 1. The Kier molecular flexibility index (Phi) is 4.21. The van der Waals surface area contributed by atoms with E-state index in [9.17, 15) is 0 Å². The summed E-state index contributed by atoms with van der Waals surface area (Å²) in [6.07, 6.45) is 4.21. The van der Waals surface area contributed by atoms with Gasteiger partial charge in [-0.3, -0.25) is 4.68 Å². The Bertz CT molecular complexity index is 559. The summed E-state index contributed by atoms with van der Waals surface area (Å²) < 4.78 is 7.33. The van der Waals surface area contributed by atoms with Gasteiger partial charge in [0.2, 0.25) is 0 Å². The molecule has 0 bridgehead atoms. The van der Waals surface area contributed by atoms with E-state index in [-0.39, 0.29) is 0 Å². The van der Waals surface area contributed by atoms with Crippen molar-refractivity contribution in [1.29, 1.82) is 5.26 Å². The molecule has 18 heavy (non-hydrogen) atoms. The summed E-state index contributed by atoms with van der Waals surface area (Å²) in [7, 11) is 0. The number of rotatable bonds is 5. The van der Waals surface area contributed by atoms with Gasteiger partial charge in [0.05, 0.1) is 29.5 Å². The highest BCUT2D eigenvalue weighted by Crippen LogP contribution is 2.13. The predicted octanol–water partition coefficient (Wildman–Crippen LogP) is 2.88. The molecule has 92 valence electrons. The van der Waals surface area contributed by atoms with E-state index in [0.717, 1.165) is 13.0 Å². The van der Waals surface area contributed by atoms with Crippen molar-refractivity contribution < 1.29 is 4.74 Å². The van der Waals surface area contributed by atoms with Gasteiger partial charge >= 0.3 is 0 Å². The van der Waals surface area contributed by atoms with Crippen molar-refractivity contribution in [1.82, 2.24) is 9.78 Å². The van der Waals surface area contributed by atoms with Gasteiger partial charge in [0.1, 0.15) is 5.75 Å². The van der Waals surface area contributed by atoms with Crippen LogP contribution in [-0.2, 0) is 6.54 Å². The Labute approximate surface area is 110 Å². The highest BCUT2D eigenvalue weighted by atomic mass is 35.5. The van der Waals surface area contributed by atoms with Crippen molar-refractivity contribution in [3.63, 3.8) is 0 Å². The standard InChI is InChI=1S/C13H12ClN3O/c14-12-9-16-17(10-12)5-2-6-18-13-4-1-3-11(7-13)8-15/h1,3-4,7,9-10H,2,5-6H2. The Morgan fingerprint density at radius 1 is 1.44 bits per heavy atom. The first-order valence-corrected chi connectivity index (χ1v) is 5.96. The normalized spacial score (nSPS) is 10.0. The lowest BCUT2D eigenvalue weighted by Crippen LogP contribution is -2.04. The van der Waals surface area contributed by atoms with E-state index < -0.39 is 0 Å². The number of hydrogen-bond acceptors (Lipinski definition) is 3. The molecule has 0 atom stereocenters. The van der Waals surface area contributed by atoms with Gasteiger partial charge in [-0.25, -0.2) is 0 Å². The second-order valence-corrected chi connectivity index (χ2v) is 4.20. The van der Waals surface area contributed by atoms with Crippen LogP contribution in [-0.4, -0.2) is 16.4 Å². The second-order valence-electron chi connectivity index (χ2n) is 3.76. The van der Waals surface area contributed by atoms with Crippen LogP contribution in [0.1, 0.15) is 12.0 Å². The number of aromatic nitrogens is 2. The van der Waals surface area contributed by atoms with Crippen LogP contribution < -0.4 is 4.74 Å². The van der Waals surface area contributed by atoms with Crippen LogP contribution in [0.25, 0.3) is 0 Å². The fourth-order valence-corrected chi connectivity index (χ4v) is 1.69. The van der Waals surface area contributed by atoms with E-state index in [1.807, 2.05) is 6.07 Å². The van der Waals surface area contributed by atoms with E-state index in [2.05, 4.69) is 11.2 Å². The van der Waals surface area contributed by atoms with E-state index >= 15 is 0 Å². The lowest BCUT2D eigenvalue weighted by atomic mass is 10.2.